The number of benzene rings is 2. The predicted octanol–water partition coefficient (Wildman–Crippen LogP) is 4.29. The molecule has 0 saturated carbocycles. The summed E-state index contributed by atoms with van der Waals surface area (Å²) in [6.07, 6.45) is 2.36. The highest BCUT2D eigenvalue weighted by atomic mass is 79.9. The molecule has 0 saturated heterocycles. The van der Waals surface area contributed by atoms with E-state index in [1.165, 1.54) is 16.7 Å². The van der Waals surface area contributed by atoms with Gasteiger partial charge in [-0.3, -0.25) is 4.79 Å². The molecule has 0 N–H and O–H groups in total. The molecule has 2 aromatic carbocycles. The third kappa shape index (κ3) is 2.64. The molecule has 19 heavy (non-hydrogen) atoms. The molecule has 0 fully saturated rings. The van der Waals surface area contributed by atoms with Crippen molar-refractivity contribution in [2.24, 2.45) is 0 Å². The molecule has 3 rings (SSSR count). The number of carbonyl (C=O) groups is 1. The molecule has 0 heterocycles. The molecule has 1 aliphatic rings. The Morgan fingerprint density at radius 3 is 2.63 bits per heavy atom. The fraction of sp³-hybridized carbons (Fsp3) is 0.235. The molecular weight excluding hydrogens is 300 g/mol. The van der Waals surface area contributed by atoms with Crippen molar-refractivity contribution in [2.75, 3.05) is 0 Å². The third-order valence-corrected chi connectivity index (χ3v) is 4.29. The number of aryl methyl sites for hydroxylation is 1. The van der Waals surface area contributed by atoms with E-state index in [0.717, 1.165) is 17.3 Å². The fourth-order valence-electron chi connectivity index (χ4n) is 2.81. The highest BCUT2D eigenvalue weighted by Gasteiger charge is 2.27. The summed E-state index contributed by atoms with van der Waals surface area (Å²) in [6.45, 7) is 0. The Balaban J connectivity index is 1.95. The molecule has 1 aliphatic carbocycles. The van der Waals surface area contributed by atoms with Gasteiger partial charge >= 0.3 is 0 Å². The minimum absolute atomic E-state index is 0.0271. The van der Waals surface area contributed by atoms with Crippen molar-refractivity contribution in [3.63, 3.8) is 0 Å². The minimum atomic E-state index is 0.0271. The summed E-state index contributed by atoms with van der Waals surface area (Å²) in [5.41, 5.74) is 3.76. The molecule has 0 amide bonds. The monoisotopic (exact) mass is 314 g/mol. The second kappa shape index (κ2) is 5.30. The highest BCUT2D eigenvalue weighted by molar-refractivity contribution is 9.10. The lowest BCUT2D eigenvalue weighted by atomic mass is 9.79. The van der Waals surface area contributed by atoms with Gasteiger partial charge in [0.2, 0.25) is 0 Å². The Hall–Kier alpha value is -1.41. The van der Waals surface area contributed by atoms with Gasteiger partial charge in [-0.15, -0.1) is 0 Å². The van der Waals surface area contributed by atoms with Crippen LogP contribution in [-0.2, 0) is 17.6 Å². The zero-order chi connectivity index (χ0) is 13.2. The van der Waals surface area contributed by atoms with E-state index in [1.807, 2.05) is 24.3 Å². The van der Waals surface area contributed by atoms with Crippen molar-refractivity contribution in [3.05, 3.63) is 69.7 Å². The van der Waals surface area contributed by atoms with Crippen molar-refractivity contribution in [2.45, 2.75) is 25.2 Å². The van der Waals surface area contributed by atoms with E-state index in [-0.39, 0.29) is 5.92 Å². The van der Waals surface area contributed by atoms with Crippen LogP contribution in [0.3, 0.4) is 0 Å². The van der Waals surface area contributed by atoms with E-state index in [0.29, 0.717) is 12.2 Å². The smallest absolute Gasteiger partial charge is 0.141 e. The van der Waals surface area contributed by atoms with Crippen LogP contribution in [0.4, 0.5) is 0 Å². The van der Waals surface area contributed by atoms with Gasteiger partial charge in [0.1, 0.15) is 5.78 Å². The van der Waals surface area contributed by atoms with Crippen LogP contribution >= 0.6 is 15.9 Å². The van der Waals surface area contributed by atoms with Crippen LogP contribution in [-0.4, -0.2) is 5.78 Å². The van der Waals surface area contributed by atoms with Crippen LogP contribution < -0.4 is 0 Å². The van der Waals surface area contributed by atoms with E-state index in [2.05, 4.69) is 40.2 Å². The van der Waals surface area contributed by atoms with Crippen LogP contribution in [0.2, 0.25) is 0 Å². The van der Waals surface area contributed by atoms with E-state index in [1.54, 1.807) is 0 Å². The zero-order valence-corrected chi connectivity index (χ0v) is 12.2. The standard InChI is InChI=1S/C17H15BrO/c18-14-7-8-15-13(11-14)6-9-17(19)16(15)10-12-4-2-1-3-5-12/h1-5,7-8,11,16H,6,9-10H2. The Morgan fingerprint density at radius 2 is 1.84 bits per heavy atom. The fourth-order valence-corrected chi connectivity index (χ4v) is 3.22. The number of carbonyl (C=O) groups excluding carboxylic acids is 1. The number of rotatable bonds is 2. The van der Waals surface area contributed by atoms with Crippen molar-refractivity contribution < 1.29 is 4.79 Å². The summed E-state index contributed by atoms with van der Waals surface area (Å²) in [7, 11) is 0. The maximum atomic E-state index is 12.2. The summed E-state index contributed by atoms with van der Waals surface area (Å²) >= 11 is 3.51. The van der Waals surface area contributed by atoms with E-state index < -0.39 is 0 Å². The Morgan fingerprint density at radius 1 is 1.05 bits per heavy atom. The van der Waals surface area contributed by atoms with Gasteiger partial charge in [0.25, 0.3) is 0 Å². The molecule has 96 valence electrons. The molecule has 1 unspecified atom stereocenters. The second-order valence-corrected chi connectivity index (χ2v) is 5.97. The predicted molar refractivity (Wildman–Crippen MR) is 80.4 cm³/mol. The average Bonchev–Trinajstić information content (AvgIpc) is 2.43. The molecule has 2 aromatic rings. The molecule has 0 radical (unpaired) electrons. The quantitative estimate of drug-likeness (QED) is 0.808. The maximum absolute atomic E-state index is 12.2. The first-order valence-electron chi connectivity index (χ1n) is 6.59. The number of fused-ring (bicyclic) bond motifs is 1. The number of hydrogen-bond acceptors (Lipinski definition) is 1. The third-order valence-electron chi connectivity index (χ3n) is 3.79. The lowest BCUT2D eigenvalue weighted by Gasteiger charge is -2.24. The van der Waals surface area contributed by atoms with Crippen LogP contribution in [0.25, 0.3) is 0 Å². The second-order valence-electron chi connectivity index (χ2n) is 5.05. The summed E-state index contributed by atoms with van der Waals surface area (Å²) in [5.74, 6) is 0.401. The molecule has 0 bridgehead atoms. The largest absolute Gasteiger partial charge is 0.299 e. The molecule has 0 aromatic heterocycles. The Bertz CT molecular complexity index is 604. The van der Waals surface area contributed by atoms with E-state index in [4.69, 9.17) is 0 Å². The molecule has 1 nitrogen and oxygen atoms in total. The van der Waals surface area contributed by atoms with E-state index in [9.17, 15) is 4.79 Å². The van der Waals surface area contributed by atoms with Gasteiger partial charge in [-0.1, -0.05) is 52.3 Å². The molecule has 0 spiro atoms. The molecular formula is C17H15BrO. The first-order chi connectivity index (χ1) is 9.24. The number of hydrogen-bond donors (Lipinski definition) is 0. The van der Waals surface area contributed by atoms with Crippen molar-refractivity contribution in [1.82, 2.24) is 0 Å². The first-order valence-corrected chi connectivity index (χ1v) is 7.38. The number of Topliss-reactive ketones (excluding diaryl/α,β-unsaturated/α-hetero) is 1. The van der Waals surface area contributed by atoms with Crippen LogP contribution in [0.1, 0.15) is 29.0 Å². The Kier molecular flexibility index (Phi) is 3.52. The minimum Gasteiger partial charge on any atom is -0.299 e. The number of ketones is 1. The van der Waals surface area contributed by atoms with Crippen molar-refractivity contribution in [3.8, 4) is 0 Å². The van der Waals surface area contributed by atoms with Crippen LogP contribution in [0.15, 0.2) is 53.0 Å². The number of halogens is 1. The highest BCUT2D eigenvalue weighted by Crippen LogP contribution is 2.33. The van der Waals surface area contributed by atoms with Gasteiger partial charge in [-0.05, 0) is 41.7 Å². The average molecular weight is 315 g/mol. The van der Waals surface area contributed by atoms with E-state index >= 15 is 0 Å². The zero-order valence-electron chi connectivity index (χ0n) is 10.6. The van der Waals surface area contributed by atoms with Gasteiger partial charge in [-0.2, -0.15) is 0 Å². The van der Waals surface area contributed by atoms with Gasteiger partial charge in [0.05, 0.1) is 0 Å². The SMILES string of the molecule is O=C1CCc2cc(Br)ccc2C1Cc1ccccc1. The van der Waals surface area contributed by atoms with Crippen LogP contribution in [0.5, 0.6) is 0 Å². The normalized spacial score (nSPS) is 18.2. The van der Waals surface area contributed by atoms with Gasteiger partial charge in [0.15, 0.2) is 0 Å². The molecule has 1 atom stereocenters. The molecule has 2 heteroatoms. The summed E-state index contributed by atoms with van der Waals surface area (Å²) in [4.78, 5) is 12.2. The van der Waals surface area contributed by atoms with Gasteiger partial charge in [-0.25, -0.2) is 0 Å². The maximum Gasteiger partial charge on any atom is 0.141 e. The van der Waals surface area contributed by atoms with Crippen molar-refractivity contribution >= 4 is 21.7 Å². The van der Waals surface area contributed by atoms with Gasteiger partial charge in [0, 0.05) is 16.8 Å². The topological polar surface area (TPSA) is 17.1 Å². The van der Waals surface area contributed by atoms with Gasteiger partial charge < -0.3 is 0 Å². The first kappa shape index (κ1) is 12.6. The lowest BCUT2D eigenvalue weighted by Crippen LogP contribution is -2.22. The lowest BCUT2D eigenvalue weighted by molar-refractivity contribution is -0.120. The summed E-state index contributed by atoms with van der Waals surface area (Å²) < 4.78 is 1.10. The summed E-state index contributed by atoms with van der Waals surface area (Å²) in [5, 5.41) is 0. The van der Waals surface area contributed by atoms with Crippen LogP contribution in [0, 0.1) is 0 Å². The van der Waals surface area contributed by atoms with Crippen molar-refractivity contribution in [1.29, 1.82) is 0 Å². The molecule has 0 aliphatic heterocycles. The Labute approximate surface area is 121 Å². The summed E-state index contributed by atoms with van der Waals surface area (Å²) in [6, 6.07) is 16.6.